The Labute approximate surface area is 101 Å². The molecule has 3 N–H and O–H groups in total. The molecule has 2 aliphatic rings. The molecule has 2 saturated heterocycles. The van der Waals surface area contributed by atoms with Crippen LogP contribution in [0.1, 0.15) is 31.5 Å². The van der Waals surface area contributed by atoms with Crippen molar-refractivity contribution in [1.29, 1.82) is 0 Å². The lowest BCUT2D eigenvalue weighted by atomic mass is 10.00. The summed E-state index contributed by atoms with van der Waals surface area (Å²) in [7, 11) is 0. The zero-order chi connectivity index (χ0) is 12.0. The molecule has 2 atom stereocenters. The van der Waals surface area contributed by atoms with E-state index >= 15 is 0 Å². The molecule has 2 bridgehead atoms. The fourth-order valence-electron chi connectivity index (χ4n) is 3.23. The number of piperidine rings is 1. The number of aryl methyl sites for hydroxylation is 1. The van der Waals surface area contributed by atoms with Crippen LogP contribution in [0.2, 0.25) is 0 Å². The van der Waals surface area contributed by atoms with Gasteiger partial charge in [-0.1, -0.05) is 0 Å². The van der Waals surface area contributed by atoms with E-state index in [9.17, 15) is 5.11 Å². The van der Waals surface area contributed by atoms with Crippen molar-refractivity contribution in [2.24, 2.45) is 0 Å². The van der Waals surface area contributed by atoms with Crippen LogP contribution in [0, 0.1) is 6.92 Å². The second-order valence-corrected chi connectivity index (χ2v) is 5.12. The van der Waals surface area contributed by atoms with Crippen LogP contribution in [0.15, 0.2) is 6.07 Å². The SMILES string of the molecule is Cc1nc(N)cc(N2C3CCC2CC(O)C3)n1. The van der Waals surface area contributed by atoms with E-state index in [1.54, 1.807) is 0 Å². The third kappa shape index (κ3) is 1.84. The number of rotatable bonds is 1. The van der Waals surface area contributed by atoms with Crippen LogP contribution in [0.3, 0.4) is 0 Å². The van der Waals surface area contributed by atoms with Gasteiger partial charge in [-0.3, -0.25) is 0 Å². The van der Waals surface area contributed by atoms with Gasteiger partial charge >= 0.3 is 0 Å². The summed E-state index contributed by atoms with van der Waals surface area (Å²) in [4.78, 5) is 10.9. The fourth-order valence-corrected chi connectivity index (χ4v) is 3.23. The largest absolute Gasteiger partial charge is 0.393 e. The maximum atomic E-state index is 9.78. The molecular weight excluding hydrogens is 216 g/mol. The number of nitrogens with two attached hydrogens (primary N) is 1. The van der Waals surface area contributed by atoms with Gasteiger partial charge in [0.05, 0.1) is 6.10 Å². The number of aromatic nitrogens is 2. The van der Waals surface area contributed by atoms with Crippen LogP contribution >= 0.6 is 0 Å². The van der Waals surface area contributed by atoms with Gasteiger partial charge in [0, 0.05) is 18.2 Å². The number of nitrogen functional groups attached to an aromatic ring is 1. The molecule has 1 aromatic rings. The predicted octanol–water partition coefficient (Wildman–Crippen LogP) is 0.859. The van der Waals surface area contributed by atoms with E-state index in [-0.39, 0.29) is 6.10 Å². The van der Waals surface area contributed by atoms with Crippen molar-refractivity contribution in [3.8, 4) is 0 Å². The van der Waals surface area contributed by atoms with Crippen molar-refractivity contribution in [3.63, 3.8) is 0 Å². The molecule has 5 nitrogen and oxygen atoms in total. The van der Waals surface area contributed by atoms with Crippen LogP contribution in [0.25, 0.3) is 0 Å². The standard InChI is InChI=1S/C12H18N4O/c1-7-14-11(13)6-12(15-7)16-8-2-3-9(16)5-10(17)4-8/h6,8-10,17H,2-5H2,1H3,(H2,13,14,15). The van der Waals surface area contributed by atoms with Gasteiger partial charge in [-0.15, -0.1) is 0 Å². The van der Waals surface area contributed by atoms with Gasteiger partial charge in [0.2, 0.25) is 0 Å². The van der Waals surface area contributed by atoms with Crippen LogP contribution < -0.4 is 10.6 Å². The second-order valence-electron chi connectivity index (χ2n) is 5.12. The average molecular weight is 234 g/mol. The molecule has 1 aromatic heterocycles. The monoisotopic (exact) mass is 234 g/mol. The number of anilines is 2. The predicted molar refractivity (Wildman–Crippen MR) is 65.7 cm³/mol. The van der Waals surface area contributed by atoms with E-state index < -0.39 is 0 Å². The lowest BCUT2D eigenvalue weighted by Crippen LogP contribution is -2.45. The molecule has 2 fully saturated rings. The molecule has 5 heteroatoms. The summed E-state index contributed by atoms with van der Waals surface area (Å²) in [6.07, 6.45) is 3.83. The molecule has 0 amide bonds. The highest BCUT2D eigenvalue weighted by molar-refractivity contribution is 5.50. The lowest BCUT2D eigenvalue weighted by Gasteiger charge is -2.38. The van der Waals surface area contributed by atoms with E-state index in [0.29, 0.717) is 23.7 Å². The van der Waals surface area contributed by atoms with Gasteiger partial charge < -0.3 is 15.7 Å². The highest BCUT2D eigenvalue weighted by atomic mass is 16.3. The van der Waals surface area contributed by atoms with E-state index in [4.69, 9.17) is 5.73 Å². The summed E-state index contributed by atoms with van der Waals surface area (Å²) in [6, 6.07) is 2.67. The van der Waals surface area contributed by atoms with Gasteiger partial charge in [0.25, 0.3) is 0 Å². The van der Waals surface area contributed by atoms with E-state index in [0.717, 1.165) is 31.5 Å². The minimum atomic E-state index is -0.149. The molecule has 0 saturated carbocycles. The normalized spacial score (nSPS) is 31.9. The Balaban J connectivity index is 1.94. The van der Waals surface area contributed by atoms with Gasteiger partial charge in [0.15, 0.2) is 0 Å². The lowest BCUT2D eigenvalue weighted by molar-refractivity contribution is 0.126. The minimum absolute atomic E-state index is 0.149. The maximum Gasteiger partial charge on any atom is 0.134 e. The van der Waals surface area contributed by atoms with E-state index in [2.05, 4.69) is 14.9 Å². The van der Waals surface area contributed by atoms with Gasteiger partial charge in [-0.2, -0.15) is 0 Å². The number of hydrogen-bond acceptors (Lipinski definition) is 5. The Morgan fingerprint density at radius 2 is 1.94 bits per heavy atom. The molecule has 2 aliphatic heterocycles. The third-order valence-electron chi connectivity index (χ3n) is 3.82. The fraction of sp³-hybridized carbons (Fsp3) is 0.667. The molecule has 0 spiro atoms. The first kappa shape index (κ1) is 10.8. The summed E-state index contributed by atoms with van der Waals surface area (Å²) < 4.78 is 0. The van der Waals surface area contributed by atoms with Crippen LogP contribution in [0.4, 0.5) is 11.6 Å². The smallest absolute Gasteiger partial charge is 0.134 e. The number of aliphatic hydroxyl groups is 1. The average Bonchev–Trinajstić information content (AvgIpc) is 2.50. The van der Waals surface area contributed by atoms with Crippen molar-refractivity contribution in [2.45, 2.75) is 50.8 Å². The van der Waals surface area contributed by atoms with Crippen LogP contribution in [0.5, 0.6) is 0 Å². The number of hydrogen-bond donors (Lipinski definition) is 2. The maximum absolute atomic E-state index is 9.78. The van der Waals surface area contributed by atoms with Crippen molar-refractivity contribution in [2.75, 3.05) is 10.6 Å². The summed E-state index contributed by atoms with van der Waals surface area (Å²) in [5, 5.41) is 9.78. The molecule has 92 valence electrons. The van der Waals surface area contributed by atoms with Crippen molar-refractivity contribution >= 4 is 11.6 Å². The molecule has 17 heavy (non-hydrogen) atoms. The van der Waals surface area contributed by atoms with Crippen molar-refractivity contribution < 1.29 is 5.11 Å². The molecule has 2 unspecified atom stereocenters. The summed E-state index contributed by atoms with van der Waals surface area (Å²) in [5.41, 5.74) is 5.78. The Kier molecular flexibility index (Phi) is 2.43. The summed E-state index contributed by atoms with van der Waals surface area (Å²) in [5.74, 6) is 2.16. The molecular formula is C12H18N4O. The quantitative estimate of drug-likeness (QED) is 0.753. The first-order valence-corrected chi connectivity index (χ1v) is 6.21. The molecule has 0 aromatic carbocycles. The van der Waals surface area contributed by atoms with Gasteiger partial charge in [0.1, 0.15) is 17.5 Å². The number of fused-ring (bicyclic) bond motifs is 2. The zero-order valence-corrected chi connectivity index (χ0v) is 10.0. The molecule has 0 aliphatic carbocycles. The van der Waals surface area contributed by atoms with Gasteiger partial charge in [-0.25, -0.2) is 9.97 Å². The van der Waals surface area contributed by atoms with Crippen LogP contribution in [-0.2, 0) is 0 Å². The Bertz CT molecular complexity index is 402. The Morgan fingerprint density at radius 3 is 2.53 bits per heavy atom. The Morgan fingerprint density at radius 1 is 1.29 bits per heavy atom. The summed E-state index contributed by atoms with van der Waals surface area (Å²) >= 11 is 0. The summed E-state index contributed by atoms with van der Waals surface area (Å²) in [6.45, 7) is 1.86. The number of nitrogens with zero attached hydrogens (tertiary/aromatic N) is 3. The van der Waals surface area contributed by atoms with E-state index in [1.807, 2.05) is 13.0 Å². The molecule has 3 heterocycles. The van der Waals surface area contributed by atoms with E-state index in [1.165, 1.54) is 0 Å². The highest BCUT2D eigenvalue weighted by Crippen LogP contribution is 2.38. The zero-order valence-electron chi connectivity index (χ0n) is 10.0. The highest BCUT2D eigenvalue weighted by Gasteiger charge is 2.40. The second kappa shape index (κ2) is 3.84. The number of aliphatic hydroxyl groups excluding tert-OH is 1. The Hall–Kier alpha value is -1.36. The molecule has 0 radical (unpaired) electrons. The first-order chi connectivity index (χ1) is 8.13. The molecule has 3 rings (SSSR count). The van der Waals surface area contributed by atoms with Crippen molar-refractivity contribution in [1.82, 2.24) is 9.97 Å². The third-order valence-corrected chi connectivity index (χ3v) is 3.82. The van der Waals surface area contributed by atoms with Gasteiger partial charge in [-0.05, 0) is 32.6 Å². The van der Waals surface area contributed by atoms with Crippen LogP contribution in [-0.4, -0.2) is 33.3 Å². The van der Waals surface area contributed by atoms with Crippen molar-refractivity contribution in [3.05, 3.63) is 11.9 Å². The topological polar surface area (TPSA) is 75.3 Å². The first-order valence-electron chi connectivity index (χ1n) is 6.21. The minimum Gasteiger partial charge on any atom is -0.393 e.